The molecule has 33 heavy (non-hydrogen) atoms. The average Bonchev–Trinajstić information content (AvgIpc) is 3.28. The maximum Gasteiger partial charge on any atom is 0.234 e. The van der Waals surface area contributed by atoms with Gasteiger partial charge in [0, 0.05) is 18.8 Å². The van der Waals surface area contributed by atoms with Gasteiger partial charge in [-0.2, -0.15) is 4.98 Å². The van der Waals surface area contributed by atoms with Crippen molar-refractivity contribution in [2.24, 2.45) is 0 Å². The minimum atomic E-state index is -0.148. The number of thioether (sulfide) groups is 1. The third kappa shape index (κ3) is 4.75. The van der Waals surface area contributed by atoms with Crippen LogP contribution in [0.15, 0.2) is 53.8 Å². The lowest BCUT2D eigenvalue weighted by Gasteiger charge is -2.28. The number of aromatic nitrogens is 3. The maximum atomic E-state index is 12.5. The number of hydrogen-bond donors (Lipinski definition) is 1. The molecule has 10 heteroatoms. The van der Waals surface area contributed by atoms with E-state index >= 15 is 0 Å². The van der Waals surface area contributed by atoms with E-state index in [2.05, 4.69) is 44.5 Å². The smallest absolute Gasteiger partial charge is 0.234 e. The summed E-state index contributed by atoms with van der Waals surface area (Å²) in [5.74, 6) is 0.621. The topological polar surface area (TPSA) is 80.2 Å². The standard InChI is InChI=1S/C23H20ClN5O2S2/c1-31-18-7-6-16(10-17(18)24)27-19(30)12-32-22-20-21(25-13-26-22)28-23(33-20)29-9-8-14-4-2-3-5-15(14)11-29/h2-7,10,13H,8-9,11-12H2,1H3,(H,27,30). The number of methoxy groups -OCH3 is 1. The number of thiazole rings is 1. The van der Waals surface area contributed by atoms with Crippen molar-refractivity contribution in [2.75, 3.05) is 29.6 Å². The lowest BCUT2D eigenvalue weighted by molar-refractivity contribution is -0.113. The molecule has 1 aliphatic heterocycles. The fourth-order valence-corrected chi connectivity index (χ4v) is 5.87. The molecule has 2 aromatic heterocycles. The molecule has 0 spiro atoms. The van der Waals surface area contributed by atoms with Gasteiger partial charge < -0.3 is 15.0 Å². The van der Waals surface area contributed by atoms with Gasteiger partial charge in [0.25, 0.3) is 0 Å². The third-order valence-corrected chi connectivity index (χ3v) is 7.85. The zero-order valence-corrected chi connectivity index (χ0v) is 20.1. The van der Waals surface area contributed by atoms with Crippen molar-refractivity contribution in [2.45, 2.75) is 18.0 Å². The molecule has 5 rings (SSSR count). The van der Waals surface area contributed by atoms with Crippen LogP contribution in [0.4, 0.5) is 10.8 Å². The Morgan fingerprint density at radius 3 is 2.91 bits per heavy atom. The van der Waals surface area contributed by atoms with Gasteiger partial charge >= 0.3 is 0 Å². The molecular weight excluding hydrogens is 478 g/mol. The predicted molar refractivity (Wildman–Crippen MR) is 134 cm³/mol. The number of rotatable bonds is 6. The Hall–Kier alpha value is -2.88. The maximum absolute atomic E-state index is 12.5. The SMILES string of the molecule is COc1ccc(NC(=O)CSc2ncnc3nc(N4CCc5ccccc5C4)sc23)cc1Cl. The second kappa shape index (κ2) is 9.54. The summed E-state index contributed by atoms with van der Waals surface area (Å²) in [5, 5.41) is 4.98. The molecule has 0 unspecified atom stereocenters. The second-order valence-electron chi connectivity index (χ2n) is 7.45. The van der Waals surface area contributed by atoms with Crippen LogP contribution < -0.4 is 15.0 Å². The second-order valence-corrected chi connectivity index (χ2v) is 9.80. The molecular formula is C23H20ClN5O2S2. The highest BCUT2D eigenvalue weighted by Crippen LogP contribution is 2.35. The predicted octanol–water partition coefficient (Wildman–Crippen LogP) is 5.04. The number of ether oxygens (including phenoxy) is 1. The van der Waals surface area contributed by atoms with E-state index in [-0.39, 0.29) is 11.7 Å². The van der Waals surface area contributed by atoms with Gasteiger partial charge in [0.1, 0.15) is 21.8 Å². The molecule has 168 valence electrons. The van der Waals surface area contributed by atoms with Crippen molar-refractivity contribution in [3.8, 4) is 5.75 Å². The first-order valence-electron chi connectivity index (χ1n) is 10.3. The van der Waals surface area contributed by atoms with Crippen LogP contribution in [0, 0.1) is 0 Å². The summed E-state index contributed by atoms with van der Waals surface area (Å²) < 4.78 is 6.04. The zero-order chi connectivity index (χ0) is 22.8. The number of halogens is 1. The molecule has 1 amide bonds. The molecule has 1 aliphatic rings. The van der Waals surface area contributed by atoms with Crippen molar-refractivity contribution >= 4 is 61.8 Å². The number of carbonyl (C=O) groups is 1. The first-order valence-corrected chi connectivity index (χ1v) is 12.5. The number of benzene rings is 2. The molecule has 0 saturated carbocycles. The lowest BCUT2D eigenvalue weighted by Crippen LogP contribution is -2.30. The summed E-state index contributed by atoms with van der Waals surface area (Å²) in [6.45, 7) is 1.75. The van der Waals surface area contributed by atoms with Gasteiger partial charge in [0.2, 0.25) is 5.91 Å². The van der Waals surface area contributed by atoms with Crippen molar-refractivity contribution in [3.63, 3.8) is 0 Å². The highest BCUT2D eigenvalue weighted by molar-refractivity contribution is 8.00. The summed E-state index contributed by atoms with van der Waals surface area (Å²) in [6.07, 6.45) is 2.50. The molecule has 3 heterocycles. The molecule has 0 fully saturated rings. The Morgan fingerprint density at radius 1 is 1.24 bits per heavy atom. The first-order chi connectivity index (χ1) is 16.1. The van der Waals surface area contributed by atoms with Crippen molar-refractivity contribution in [1.82, 2.24) is 15.0 Å². The molecule has 0 aliphatic carbocycles. The summed E-state index contributed by atoms with van der Waals surface area (Å²) in [4.78, 5) is 28.3. The Labute approximate surface area is 204 Å². The van der Waals surface area contributed by atoms with E-state index in [0.29, 0.717) is 22.1 Å². The number of fused-ring (bicyclic) bond motifs is 2. The monoisotopic (exact) mass is 497 g/mol. The fourth-order valence-electron chi connectivity index (χ4n) is 3.69. The normalized spacial score (nSPS) is 13.1. The minimum Gasteiger partial charge on any atom is -0.495 e. The van der Waals surface area contributed by atoms with Gasteiger partial charge in [-0.1, -0.05) is 59.0 Å². The Balaban J connectivity index is 1.28. The van der Waals surface area contributed by atoms with E-state index < -0.39 is 0 Å². The van der Waals surface area contributed by atoms with Gasteiger partial charge in [-0.25, -0.2) is 9.97 Å². The molecule has 0 radical (unpaired) electrons. The number of carbonyl (C=O) groups excluding carboxylic acids is 1. The molecule has 2 aromatic carbocycles. The van der Waals surface area contributed by atoms with E-state index in [1.165, 1.54) is 29.2 Å². The first kappa shape index (κ1) is 21.9. The van der Waals surface area contributed by atoms with Crippen LogP contribution in [0.1, 0.15) is 11.1 Å². The van der Waals surface area contributed by atoms with Crippen molar-refractivity contribution in [1.29, 1.82) is 0 Å². The van der Waals surface area contributed by atoms with Crippen LogP contribution >= 0.6 is 34.7 Å². The molecule has 0 bridgehead atoms. The summed E-state index contributed by atoms with van der Waals surface area (Å²) in [5.41, 5.74) is 4.01. The average molecular weight is 498 g/mol. The van der Waals surface area contributed by atoms with Crippen LogP contribution in [-0.4, -0.2) is 40.3 Å². The number of nitrogens with zero attached hydrogens (tertiary/aromatic N) is 4. The van der Waals surface area contributed by atoms with Crippen LogP contribution in [-0.2, 0) is 17.8 Å². The molecule has 0 saturated heterocycles. The number of amides is 1. The van der Waals surface area contributed by atoms with E-state index in [9.17, 15) is 4.79 Å². The van der Waals surface area contributed by atoms with E-state index in [4.69, 9.17) is 21.3 Å². The summed E-state index contributed by atoms with van der Waals surface area (Å²) in [6, 6.07) is 13.7. The number of nitrogens with one attached hydrogen (secondary N) is 1. The lowest BCUT2D eigenvalue weighted by atomic mass is 10.0. The van der Waals surface area contributed by atoms with Crippen molar-refractivity contribution < 1.29 is 9.53 Å². The Bertz CT molecular complexity index is 1330. The Morgan fingerprint density at radius 2 is 2.09 bits per heavy atom. The van der Waals surface area contributed by atoms with Gasteiger partial charge in [-0.05, 0) is 35.7 Å². The Kier molecular flexibility index (Phi) is 6.34. The quantitative estimate of drug-likeness (QED) is 0.295. The van der Waals surface area contributed by atoms with Crippen LogP contribution in [0.2, 0.25) is 5.02 Å². The van der Waals surface area contributed by atoms with Gasteiger partial charge in [-0.15, -0.1) is 0 Å². The highest BCUT2D eigenvalue weighted by atomic mass is 35.5. The van der Waals surface area contributed by atoms with Gasteiger partial charge in [-0.3, -0.25) is 4.79 Å². The van der Waals surface area contributed by atoms with E-state index in [1.54, 1.807) is 36.6 Å². The van der Waals surface area contributed by atoms with E-state index in [1.807, 2.05) is 0 Å². The molecule has 4 aromatic rings. The molecule has 1 N–H and O–H groups in total. The van der Waals surface area contributed by atoms with Gasteiger partial charge in [0.05, 0.1) is 17.9 Å². The molecule has 0 atom stereocenters. The van der Waals surface area contributed by atoms with Crippen molar-refractivity contribution in [3.05, 3.63) is 64.9 Å². The zero-order valence-electron chi connectivity index (χ0n) is 17.7. The van der Waals surface area contributed by atoms with E-state index in [0.717, 1.165) is 34.4 Å². The largest absolute Gasteiger partial charge is 0.495 e. The van der Waals surface area contributed by atoms with Crippen LogP contribution in [0.3, 0.4) is 0 Å². The highest BCUT2D eigenvalue weighted by Gasteiger charge is 2.21. The number of anilines is 2. The summed E-state index contributed by atoms with van der Waals surface area (Å²) >= 11 is 9.08. The number of hydrogen-bond acceptors (Lipinski definition) is 8. The fraction of sp³-hybridized carbons (Fsp3) is 0.217. The summed E-state index contributed by atoms with van der Waals surface area (Å²) in [7, 11) is 1.55. The third-order valence-electron chi connectivity index (χ3n) is 5.32. The van der Waals surface area contributed by atoms with Crippen LogP contribution in [0.25, 0.3) is 10.3 Å². The molecule has 7 nitrogen and oxygen atoms in total. The van der Waals surface area contributed by atoms with Crippen LogP contribution in [0.5, 0.6) is 5.75 Å². The minimum absolute atomic E-state index is 0.148. The van der Waals surface area contributed by atoms with Gasteiger partial charge in [0.15, 0.2) is 10.8 Å².